The van der Waals surface area contributed by atoms with Gasteiger partial charge in [0.2, 0.25) is 6.79 Å². The van der Waals surface area contributed by atoms with E-state index in [1.54, 1.807) is 0 Å². The van der Waals surface area contributed by atoms with Crippen molar-refractivity contribution < 1.29 is 9.47 Å². The van der Waals surface area contributed by atoms with Gasteiger partial charge in [0.1, 0.15) is 16.9 Å². The maximum atomic E-state index is 5.62. The average molecular weight is 254 g/mol. The number of hydrogen-bond acceptors (Lipinski definition) is 3. The largest absolute Gasteiger partial charge is 0.453 e. The van der Waals surface area contributed by atoms with Crippen LogP contribution in [0.15, 0.2) is 24.3 Å². The molecule has 0 spiro atoms. The number of nitrogens with zero attached hydrogens (tertiary/aromatic N) is 1. The van der Waals surface area contributed by atoms with Crippen LogP contribution in [0, 0.1) is 0 Å². The van der Waals surface area contributed by atoms with Crippen LogP contribution in [0.2, 0.25) is 0 Å². The smallest absolute Gasteiger partial charge is 0.231 e. The number of fused-ring (bicyclic) bond motifs is 6. The van der Waals surface area contributed by atoms with E-state index in [2.05, 4.69) is 24.9 Å². The number of hydrogen-bond donors (Lipinski definition) is 1. The van der Waals surface area contributed by atoms with Crippen molar-refractivity contribution in [1.29, 1.82) is 0 Å². The summed E-state index contributed by atoms with van der Waals surface area (Å²) in [7, 11) is 0. The van der Waals surface area contributed by atoms with Crippen LogP contribution in [0.25, 0.3) is 21.8 Å². The van der Waals surface area contributed by atoms with Crippen LogP contribution in [0.1, 0.15) is 25.6 Å². The third-order valence-electron chi connectivity index (χ3n) is 3.54. The van der Waals surface area contributed by atoms with Gasteiger partial charge < -0.3 is 14.5 Å². The molecule has 2 aromatic carbocycles. The molecule has 0 radical (unpaired) electrons. The Morgan fingerprint density at radius 3 is 2.63 bits per heavy atom. The quantitative estimate of drug-likeness (QED) is 0.722. The van der Waals surface area contributed by atoms with E-state index >= 15 is 0 Å². The molecule has 0 atom stereocenters. The van der Waals surface area contributed by atoms with E-state index < -0.39 is 0 Å². The maximum absolute atomic E-state index is 5.62. The number of aromatic nitrogens is 2. The van der Waals surface area contributed by atoms with Crippen molar-refractivity contribution >= 4 is 21.8 Å². The van der Waals surface area contributed by atoms with Gasteiger partial charge in [0.15, 0.2) is 11.5 Å². The predicted molar refractivity (Wildman–Crippen MR) is 73.8 cm³/mol. The number of rotatable bonds is 1. The average Bonchev–Trinajstić information content (AvgIpc) is 3.05. The zero-order chi connectivity index (χ0) is 13.0. The molecule has 1 N–H and O–H groups in total. The Hall–Kier alpha value is -2.23. The molecule has 4 heteroatoms. The van der Waals surface area contributed by atoms with E-state index in [-0.39, 0.29) is 6.79 Å². The fourth-order valence-electron chi connectivity index (χ4n) is 2.58. The first-order valence-corrected chi connectivity index (χ1v) is 6.45. The van der Waals surface area contributed by atoms with E-state index in [0.29, 0.717) is 5.92 Å². The van der Waals surface area contributed by atoms with Crippen molar-refractivity contribution in [2.24, 2.45) is 0 Å². The summed E-state index contributed by atoms with van der Waals surface area (Å²) in [5, 5.41) is 2.16. The number of ether oxygens (including phenoxy) is 2. The van der Waals surface area contributed by atoms with Gasteiger partial charge in [-0.2, -0.15) is 0 Å². The minimum atomic E-state index is 0.272. The lowest BCUT2D eigenvalue weighted by molar-refractivity contribution is 0.175. The topological polar surface area (TPSA) is 47.1 Å². The first-order valence-electron chi connectivity index (χ1n) is 6.45. The number of benzene rings is 2. The van der Waals surface area contributed by atoms with Crippen molar-refractivity contribution in [1.82, 2.24) is 9.97 Å². The Bertz CT molecular complexity index is 790. The molecular formula is C15H14N2O2. The lowest BCUT2D eigenvalue weighted by atomic mass is 10.1. The summed E-state index contributed by atoms with van der Waals surface area (Å²) in [6.07, 6.45) is 0. The van der Waals surface area contributed by atoms with Crippen LogP contribution in [0.3, 0.4) is 0 Å². The first-order chi connectivity index (χ1) is 9.25. The molecule has 19 heavy (non-hydrogen) atoms. The van der Waals surface area contributed by atoms with Crippen molar-refractivity contribution in [2.45, 2.75) is 19.8 Å². The van der Waals surface area contributed by atoms with Gasteiger partial charge in [-0.1, -0.05) is 38.1 Å². The molecule has 1 aliphatic rings. The fourth-order valence-corrected chi connectivity index (χ4v) is 2.58. The van der Waals surface area contributed by atoms with E-state index in [9.17, 15) is 0 Å². The van der Waals surface area contributed by atoms with Crippen molar-refractivity contribution in [3.8, 4) is 11.5 Å². The molecule has 4 rings (SSSR count). The lowest BCUT2D eigenvalue weighted by Gasteiger charge is -2.03. The number of imidazole rings is 1. The number of nitrogens with one attached hydrogen (secondary N) is 1. The van der Waals surface area contributed by atoms with E-state index in [0.717, 1.165) is 39.1 Å². The Morgan fingerprint density at radius 1 is 1.11 bits per heavy atom. The Labute approximate surface area is 110 Å². The van der Waals surface area contributed by atoms with E-state index in [1.165, 1.54) is 0 Å². The monoisotopic (exact) mass is 254 g/mol. The Balaban J connectivity index is 2.21. The van der Waals surface area contributed by atoms with Gasteiger partial charge in [-0.15, -0.1) is 0 Å². The van der Waals surface area contributed by atoms with Crippen LogP contribution >= 0.6 is 0 Å². The second kappa shape index (κ2) is 3.63. The highest BCUT2D eigenvalue weighted by atomic mass is 16.7. The molecule has 0 saturated heterocycles. The highest BCUT2D eigenvalue weighted by molar-refractivity contribution is 6.11. The Kier molecular flexibility index (Phi) is 2.04. The zero-order valence-electron chi connectivity index (χ0n) is 10.9. The fraction of sp³-hybridized carbons (Fsp3) is 0.267. The van der Waals surface area contributed by atoms with Crippen molar-refractivity contribution in [3.05, 3.63) is 30.1 Å². The second-order valence-corrected chi connectivity index (χ2v) is 5.11. The Morgan fingerprint density at radius 2 is 1.84 bits per heavy atom. The van der Waals surface area contributed by atoms with Gasteiger partial charge >= 0.3 is 0 Å². The molecule has 0 amide bonds. The lowest BCUT2D eigenvalue weighted by Crippen LogP contribution is -1.93. The summed E-state index contributed by atoms with van der Waals surface area (Å²) in [6.45, 7) is 4.52. The van der Waals surface area contributed by atoms with Crippen LogP contribution in [0.4, 0.5) is 0 Å². The molecule has 3 aromatic rings. The van der Waals surface area contributed by atoms with Crippen LogP contribution in [0.5, 0.6) is 11.5 Å². The van der Waals surface area contributed by atoms with E-state index in [4.69, 9.17) is 14.5 Å². The molecule has 0 unspecified atom stereocenters. The molecule has 2 heterocycles. The maximum Gasteiger partial charge on any atom is 0.231 e. The molecule has 0 fully saturated rings. The number of H-pyrrole nitrogens is 1. The molecule has 0 saturated carbocycles. The van der Waals surface area contributed by atoms with Crippen LogP contribution < -0.4 is 9.47 Å². The summed E-state index contributed by atoms with van der Waals surface area (Å²) >= 11 is 0. The second-order valence-electron chi connectivity index (χ2n) is 5.11. The molecule has 4 nitrogen and oxygen atoms in total. The summed E-state index contributed by atoms with van der Waals surface area (Å²) < 4.78 is 11.2. The molecule has 0 aliphatic carbocycles. The molecule has 0 bridgehead atoms. The van der Waals surface area contributed by atoms with E-state index in [1.807, 2.05) is 18.2 Å². The molecule has 96 valence electrons. The van der Waals surface area contributed by atoms with Crippen LogP contribution in [-0.2, 0) is 0 Å². The van der Waals surface area contributed by atoms with Gasteiger partial charge in [0.05, 0.1) is 0 Å². The standard InChI is InChI=1S/C15H14N2O2/c1-8(2)15-16-11-9-5-3-4-6-10(9)13-14(12(11)17-15)19-7-18-13/h3-6,8H,7H2,1-2H3,(H,16,17). The van der Waals surface area contributed by atoms with Gasteiger partial charge in [-0.3, -0.25) is 0 Å². The van der Waals surface area contributed by atoms with Crippen molar-refractivity contribution in [3.63, 3.8) is 0 Å². The minimum absolute atomic E-state index is 0.272. The van der Waals surface area contributed by atoms with Gasteiger partial charge in [0, 0.05) is 16.7 Å². The summed E-state index contributed by atoms with van der Waals surface area (Å²) in [6, 6.07) is 8.15. The molecular weight excluding hydrogens is 240 g/mol. The molecule has 1 aliphatic heterocycles. The third kappa shape index (κ3) is 1.37. The highest BCUT2D eigenvalue weighted by Gasteiger charge is 2.24. The SMILES string of the molecule is CC(C)c1nc2c([nH]1)c1c(c3ccccc32)OCO1. The van der Waals surface area contributed by atoms with Gasteiger partial charge in [-0.05, 0) is 0 Å². The van der Waals surface area contributed by atoms with Gasteiger partial charge in [0.25, 0.3) is 0 Å². The normalized spacial score (nSPS) is 13.8. The number of aromatic amines is 1. The minimum Gasteiger partial charge on any atom is -0.453 e. The van der Waals surface area contributed by atoms with Gasteiger partial charge in [-0.25, -0.2) is 4.98 Å². The van der Waals surface area contributed by atoms with Crippen LogP contribution in [-0.4, -0.2) is 16.8 Å². The summed E-state index contributed by atoms with van der Waals surface area (Å²) in [4.78, 5) is 8.10. The first kappa shape index (κ1) is 10.7. The highest BCUT2D eigenvalue weighted by Crippen LogP contribution is 2.45. The molecule has 1 aromatic heterocycles. The zero-order valence-corrected chi connectivity index (χ0v) is 10.9. The summed E-state index contributed by atoms with van der Waals surface area (Å²) in [5.41, 5.74) is 1.90. The van der Waals surface area contributed by atoms with Crippen molar-refractivity contribution in [2.75, 3.05) is 6.79 Å². The summed E-state index contributed by atoms with van der Waals surface area (Å²) in [5.74, 6) is 2.93. The predicted octanol–water partition coefficient (Wildman–Crippen LogP) is 3.57. The third-order valence-corrected chi connectivity index (χ3v) is 3.54.